The Hall–Kier alpha value is -1.16. The molecule has 0 bridgehead atoms. The van der Waals surface area contributed by atoms with E-state index in [9.17, 15) is 9.18 Å². The summed E-state index contributed by atoms with van der Waals surface area (Å²) in [5, 5.41) is 0.187. The molecule has 0 aliphatic carbocycles. The molecule has 1 aliphatic heterocycles. The summed E-state index contributed by atoms with van der Waals surface area (Å²) in [6, 6.07) is 3.35. The molecule has 1 aromatic rings. The Morgan fingerprint density at radius 1 is 1.62 bits per heavy atom. The lowest BCUT2D eigenvalue weighted by Gasteiger charge is -2.16. The summed E-state index contributed by atoms with van der Waals surface area (Å²) in [4.78, 5) is 17.1. The Kier molecular flexibility index (Phi) is 3.10. The van der Waals surface area contributed by atoms with Crippen molar-refractivity contribution in [2.75, 3.05) is 18.0 Å². The molecule has 1 aromatic heterocycles. The second kappa shape index (κ2) is 4.37. The first-order chi connectivity index (χ1) is 7.58. The van der Waals surface area contributed by atoms with Crippen molar-refractivity contribution in [2.24, 2.45) is 0 Å². The summed E-state index contributed by atoms with van der Waals surface area (Å²) in [5.41, 5.74) is 0.404. The van der Waals surface area contributed by atoms with Gasteiger partial charge in [0.05, 0.1) is 12.1 Å². The minimum absolute atomic E-state index is 0.117. The molecule has 1 saturated heterocycles. The number of rotatable bonds is 2. The van der Waals surface area contributed by atoms with Gasteiger partial charge in [0.2, 0.25) is 0 Å². The second-order valence-corrected chi connectivity index (χ2v) is 4.25. The van der Waals surface area contributed by atoms with E-state index in [0.29, 0.717) is 30.9 Å². The maximum Gasteiger partial charge on any atom is 0.162 e. The summed E-state index contributed by atoms with van der Waals surface area (Å²) >= 11 is 5.89. The molecule has 1 fully saturated rings. The summed E-state index contributed by atoms with van der Waals surface area (Å²) in [6.45, 7) is 2.43. The van der Waals surface area contributed by atoms with Crippen LogP contribution in [0.4, 0.5) is 10.2 Å². The fourth-order valence-corrected chi connectivity index (χ4v) is 2.07. The van der Waals surface area contributed by atoms with Crippen molar-refractivity contribution < 1.29 is 9.18 Å². The van der Waals surface area contributed by atoms with Crippen molar-refractivity contribution in [2.45, 2.75) is 19.5 Å². The third-order valence-electron chi connectivity index (χ3n) is 2.67. The number of carbonyl (C=O) groups is 1. The first kappa shape index (κ1) is 11.3. The summed E-state index contributed by atoms with van der Waals surface area (Å²) < 4.78 is 13.0. The van der Waals surface area contributed by atoms with Crippen LogP contribution in [0.25, 0.3) is 0 Å². The van der Waals surface area contributed by atoms with Gasteiger partial charge in [-0.1, -0.05) is 11.6 Å². The van der Waals surface area contributed by atoms with Crippen LogP contribution >= 0.6 is 11.6 Å². The van der Waals surface area contributed by atoms with Gasteiger partial charge in [-0.25, -0.2) is 9.37 Å². The molecule has 2 heterocycles. The summed E-state index contributed by atoms with van der Waals surface area (Å²) in [6.07, 6.45) is -0.277. The van der Waals surface area contributed by atoms with Crippen LogP contribution in [0.5, 0.6) is 0 Å². The number of alkyl halides is 1. The predicted octanol–water partition coefficient (Wildman–Crippen LogP) is 2.49. The molecule has 0 N–H and O–H groups in total. The van der Waals surface area contributed by atoms with Gasteiger partial charge >= 0.3 is 0 Å². The average molecular weight is 243 g/mol. The van der Waals surface area contributed by atoms with E-state index in [0.717, 1.165) is 0 Å². The number of hydrogen-bond donors (Lipinski definition) is 0. The first-order valence-electron chi connectivity index (χ1n) is 5.14. The van der Waals surface area contributed by atoms with Crippen LogP contribution in [0, 0.1) is 0 Å². The SMILES string of the molecule is CC(=O)c1ccc(N2CCC(F)C2)nc1Cl. The first-order valence-corrected chi connectivity index (χ1v) is 5.52. The molecule has 86 valence electrons. The Morgan fingerprint density at radius 3 is 2.88 bits per heavy atom. The van der Waals surface area contributed by atoms with E-state index in [2.05, 4.69) is 4.98 Å². The standard InChI is InChI=1S/C11H12ClFN2O/c1-7(16)9-2-3-10(14-11(9)12)15-5-4-8(13)6-15/h2-3,8H,4-6H2,1H3. The molecule has 0 radical (unpaired) electrons. The molecule has 0 aromatic carbocycles. The largest absolute Gasteiger partial charge is 0.354 e. The highest BCUT2D eigenvalue weighted by Gasteiger charge is 2.23. The van der Waals surface area contributed by atoms with Gasteiger partial charge in [-0.3, -0.25) is 4.79 Å². The number of carbonyl (C=O) groups excluding carboxylic acids is 1. The molecule has 16 heavy (non-hydrogen) atoms. The minimum Gasteiger partial charge on any atom is -0.354 e. The molecule has 5 heteroatoms. The minimum atomic E-state index is -0.798. The van der Waals surface area contributed by atoms with Gasteiger partial charge in [0.15, 0.2) is 5.78 Å². The molecule has 0 saturated carbocycles. The van der Waals surface area contributed by atoms with Gasteiger partial charge in [-0.15, -0.1) is 0 Å². The van der Waals surface area contributed by atoms with Crippen molar-refractivity contribution in [3.8, 4) is 0 Å². The lowest BCUT2D eigenvalue weighted by molar-refractivity contribution is 0.101. The third kappa shape index (κ3) is 2.16. The van der Waals surface area contributed by atoms with Gasteiger partial charge in [-0.05, 0) is 25.5 Å². The van der Waals surface area contributed by atoms with Gasteiger partial charge in [0.1, 0.15) is 17.1 Å². The number of hydrogen-bond acceptors (Lipinski definition) is 3. The average Bonchev–Trinajstić information content (AvgIpc) is 2.64. The Labute approximate surface area is 98.2 Å². The zero-order valence-electron chi connectivity index (χ0n) is 8.91. The second-order valence-electron chi connectivity index (χ2n) is 3.90. The topological polar surface area (TPSA) is 33.2 Å². The molecular formula is C11H12ClFN2O. The van der Waals surface area contributed by atoms with Crippen LogP contribution in [0.15, 0.2) is 12.1 Å². The molecule has 1 unspecified atom stereocenters. The highest BCUT2D eigenvalue weighted by atomic mass is 35.5. The lowest BCUT2D eigenvalue weighted by atomic mass is 10.2. The lowest BCUT2D eigenvalue weighted by Crippen LogP contribution is -2.21. The van der Waals surface area contributed by atoms with Gasteiger partial charge < -0.3 is 4.90 Å². The van der Waals surface area contributed by atoms with E-state index < -0.39 is 6.17 Å². The number of ketones is 1. The Balaban J connectivity index is 2.24. The van der Waals surface area contributed by atoms with Gasteiger partial charge in [-0.2, -0.15) is 0 Å². The van der Waals surface area contributed by atoms with E-state index in [-0.39, 0.29) is 10.9 Å². The monoisotopic (exact) mass is 242 g/mol. The van der Waals surface area contributed by atoms with E-state index in [1.54, 1.807) is 12.1 Å². The van der Waals surface area contributed by atoms with Crippen LogP contribution in [0.3, 0.4) is 0 Å². The van der Waals surface area contributed by atoms with Crippen LogP contribution in [0.1, 0.15) is 23.7 Å². The quantitative estimate of drug-likeness (QED) is 0.590. The molecule has 1 atom stereocenters. The van der Waals surface area contributed by atoms with E-state index in [1.807, 2.05) is 4.90 Å². The van der Waals surface area contributed by atoms with E-state index in [4.69, 9.17) is 11.6 Å². The zero-order valence-corrected chi connectivity index (χ0v) is 9.67. The summed E-state index contributed by atoms with van der Waals surface area (Å²) in [5.74, 6) is 0.518. The highest BCUT2D eigenvalue weighted by molar-refractivity contribution is 6.32. The molecule has 0 amide bonds. The van der Waals surface area contributed by atoms with E-state index in [1.165, 1.54) is 6.92 Å². The fraction of sp³-hybridized carbons (Fsp3) is 0.455. The number of anilines is 1. The van der Waals surface area contributed by atoms with Crippen LogP contribution in [-0.4, -0.2) is 30.0 Å². The predicted molar refractivity (Wildman–Crippen MR) is 61.0 cm³/mol. The van der Waals surface area contributed by atoms with Crippen LogP contribution in [0.2, 0.25) is 5.15 Å². The zero-order chi connectivity index (χ0) is 11.7. The number of halogens is 2. The molecular weight excluding hydrogens is 231 g/mol. The van der Waals surface area contributed by atoms with Crippen LogP contribution < -0.4 is 4.90 Å². The fourth-order valence-electron chi connectivity index (χ4n) is 1.79. The summed E-state index contributed by atoms with van der Waals surface area (Å²) in [7, 11) is 0. The maximum absolute atomic E-state index is 13.0. The highest BCUT2D eigenvalue weighted by Crippen LogP contribution is 2.23. The molecule has 1 aliphatic rings. The number of nitrogens with zero attached hydrogens (tertiary/aromatic N) is 2. The van der Waals surface area contributed by atoms with Crippen molar-refractivity contribution >= 4 is 23.2 Å². The van der Waals surface area contributed by atoms with E-state index >= 15 is 0 Å². The van der Waals surface area contributed by atoms with Gasteiger partial charge in [0, 0.05) is 6.54 Å². The smallest absolute Gasteiger partial charge is 0.162 e. The van der Waals surface area contributed by atoms with Gasteiger partial charge in [0.25, 0.3) is 0 Å². The van der Waals surface area contributed by atoms with Crippen molar-refractivity contribution in [3.63, 3.8) is 0 Å². The van der Waals surface area contributed by atoms with Crippen molar-refractivity contribution in [1.82, 2.24) is 4.98 Å². The molecule has 2 rings (SSSR count). The molecule has 0 spiro atoms. The number of Topliss-reactive ketones (excluding diaryl/α,β-unsaturated/α-hetero) is 1. The number of aromatic nitrogens is 1. The van der Waals surface area contributed by atoms with Crippen molar-refractivity contribution in [1.29, 1.82) is 0 Å². The Morgan fingerprint density at radius 2 is 2.38 bits per heavy atom. The van der Waals surface area contributed by atoms with Crippen LogP contribution in [-0.2, 0) is 0 Å². The number of pyridine rings is 1. The normalized spacial score (nSPS) is 20.2. The third-order valence-corrected chi connectivity index (χ3v) is 2.96. The molecule has 3 nitrogen and oxygen atoms in total. The maximum atomic E-state index is 13.0. The Bertz CT molecular complexity index is 424. The van der Waals surface area contributed by atoms with Crippen molar-refractivity contribution in [3.05, 3.63) is 22.8 Å².